The van der Waals surface area contributed by atoms with Crippen LogP contribution in [0, 0.1) is 0 Å². The first kappa shape index (κ1) is 24.6. The molecule has 1 aliphatic rings. The van der Waals surface area contributed by atoms with Gasteiger partial charge in [-0.05, 0) is 66.9 Å². The highest BCUT2D eigenvalue weighted by atomic mass is 32.2. The Morgan fingerprint density at radius 2 is 1.35 bits per heavy atom. The Morgan fingerprint density at radius 3 is 2.03 bits per heavy atom. The molecule has 1 aliphatic heterocycles. The van der Waals surface area contributed by atoms with E-state index in [1.165, 1.54) is 17.1 Å². The van der Waals surface area contributed by atoms with Crippen molar-refractivity contribution in [1.29, 1.82) is 0 Å². The molecular weight excluding hydrogens is 482 g/mol. The summed E-state index contributed by atoms with van der Waals surface area (Å²) in [6.07, 6.45) is 2.39. The summed E-state index contributed by atoms with van der Waals surface area (Å²) >= 11 is 0. The highest BCUT2D eigenvalue weighted by Gasteiger charge is 2.28. The summed E-state index contributed by atoms with van der Waals surface area (Å²) < 4.78 is 29.0. The van der Waals surface area contributed by atoms with Gasteiger partial charge < -0.3 is 10.2 Å². The van der Waals surface area contributed by atoms with E-state index in [9.17, 15) is 13.2 Å². The van der Waals surface area contributed by atoms with Crippen LogP contribution in [0.1, 0.15) is 28.8 Å². The number of carbonyl (C=O) groups excluding carboxylic acids is 1. The number of rotatable bonds is 8. The van der Waals surface area contributed by atoms with Crippen LogP contribution in [0.15, 0.2) is 114 Å². The lowest BCUT2D eigenvalue weighted by molar-refractivity contribution is 0.102. The van der Waals surface area contributed by atoms with Crippen molar-refractivity contribution in [2.24, 2.45) is 0 Å². The molecule has 1 amide bonds. The summed E-state index contributed by atoms with van der Waals surface area (Å²) in [5.74, 6) is -0.370. The van der Waals surface area contributed by atoms with Crippen LogP contribution in [-0.2, 0) is 16.6 Å². The normalized spacial score (nSPS) is 13.4. The standard InChI is InChI=1S/C30H29N3O3S/c34-30(31-25-17-19-26(20-18-25)32-21-9-10-22-32)28-15-7-8-16-29(28)33(23-24-11-3-1-4-12-24)37(35,36)27-13-5-2-6-14-27/h1-8,11-20H,9-10,21-23H2,(H,31,34). The molecule has 0 spiro atoms. The van der Waals surface area contributed by atoms with Gasteiger partial charge in [-0.15, -0.1) is 0 Å². The van der Waals surface area contributed by atoms with Crippen molar-refractivity contribution in [2.45, 2.75) is 24.3 Å². The Hall–Kier alpha value is -4.10. The minimum Gasteiger partial charge on any atom is -0.372 e. The van der Waals surface area contributed by atoms with Gasteiger partial charge >= 0.3 is 0 Å². The highest BCUT2D eigenvalue weighted by molar-refractivity contribution is 7.92. The van der Waals surface area contributed by atoms with Crippen LogP contribution in [0.2, 0.25) is 0 Å². The molecule has 1 N–H and O–H groups in total. The quantitative estimate of drug-likeness (QED) is 0.318. The molecule has 4 aromatic carbocycles. The number of hydrogen-bond donors (Lipinski definition) is 1. The molecule has 188 valence electrons. The maximum atomic E-state index is 13.8. The fraction of sp³-hybridized carbons (Fsp3) is 0.167. The molecule has 0 radical (unpaired) electrons. The molecule has 0 atom stereocenters. The van der Waals surface area contributed by atoms with E-state index in [-0.39, 0.29) is 22.9 Å². The van der Waals surface area contributed by atoms with E-state index >= 15 is 0 Å². The van der Waals surface area contributed by atoms with Crippen LogP contribution < -0.4 is 14.5 Å². The molecular formula is C30H29N3O3S. The molecule has 1 heterocycles. The third kappa shape index (κ3) is 5.52. The molecule has 7 heteroatoms. The lowest BCUT2D eigenvalue weighted by Crippen LogP contribution is -2.32. The lowest BCUT2D eigenvalue weighted by Gasteiger charge is -2.26. The van der Waals surface area contributed by atoms with Crippen molar-refractivity contribution in [1.82, 2.24) is 0 Å². The molecule has 6 nitrogen and oxygen atoms in total. The van der Waals surface area contributed by atoms with Gasteiger partial charge in [0.1, 0.15) is 0 Å². The van der Waals surface area contributed by atoms with Gasteiger partial charge in [-0.25, -0.2) is 8.42 Å². The Kier molecular flexibility index (Phi) is 7.23. The van der Waals surface area contributed by atoms with E-state index in [1.54, 1.807) is 54.6 Å². The van der Waals surface area contributed by atoms with Gasteiger partial charge in [0, 0.05) is 24.5 Å². The van der Waals surface area contributed by atoms with Crippen LogP contribution in [0.4, 0.5) is 17.1 Å². The van der Waals surface area contributed by atoms with E-state index < -0.39 is 10.0 Å². The average Bonchev–Trinajstić information content (AvgIpc) is 3.48. The number of nitrogens with one attached hydrogen (secondary N) is 1. The van der Waals surface area contributed by atoms with Crippen LogP contribution in [0.25, 0.3) is 0 Å². The minimum absolute atomic E-state index is 0.0902. The summed E-state index contributed by atoms with van der Waals surface area (Å²) in [5.41, 5.74) is 3.21. The molecule has 1 saturated heterocycles. The molecule has 37 heavy (non-hydrogen) atoms. The first-order chi connectivity index (χ1) is 18.0. The van der Waals surface area contributed by atoms with Gasteiger partial charge in [-0.2, -0.15) is 0 Å². The second kappa shape index (κ2) is 10.9. The SMILES string of the molecule is O=C(Nc1ccc(N2CCCC2)cc1)c1ccccc1N(Cc1ccccc1)S(=O)(=O)c1ccccc1. The van der Waals surface area contributed by atoms with Gasteiger partial charge in [0.15, 0.2) is 0 Å². The van der Waals surface area contributed by atoms with Crippen molar-refractivity contribution in [3.8, 4) is 0 Å². The topological polar surface area (TPSA) is 69.7 Å². The van der Waals surface area contributed by atoms with Gasteiger partial charge in [0.2, 0.25) is 0 Å². The highest BCUT2D eigenvalue weighted by Crippen LogP contribution is 2.30. The molecule has 0 unspecified atom stereocenters. The third-order valence-electron chi connectivity index (χ3n) is 6.51. The number of nitrogens with zero attached hydrogens (tertiary/aromatic N) is 2. The molecule has 1 fully saturated rings. The summed E-state index contributed by atoms with van der Waals surface area (Å²) in [7, 11) is -3.95. The number of amides is 1. The predicted molar refractivity (Wildman–Crippen MR) is 149 cm³/mol. The van der Waals surface area contributed by atoms with Crippen LogP contribution >= 0.6 is 0 Å². The number of anilines is 3. The second-order valence-electron chi connectivity index (χ2n) is 9.02. The monoisotopic (exact) mass is 511 g/mol. The number of carbonyl (C=O) groups is 1. The number of para-hydroxylation sites is 1. The first-order valence-corrected chi connectivity index (χ1v) is 13.8. The van der Waals surface area contributed by atoms with E-state index in [4.69, 9.17) is 0 Å². The Morgan fingerprint density at radius 1 is 0.757 bits per heavy atom. The lowest BCUT2D eigenvalue weighted by atomic mass is 10.1. The summed E-state index contributed by atoms with van der Waals surface area (Å²) in [6.45, 7) is 2.19. The second-order valence-corrected chi connectivity index (χ2v) is 10.9. The zero-order valence-electron chi connectivity index (χ0n) is 20.5. The van der Waals surface area contributed by atoms with E-state index in [0.29, 0.717) is 11.4 Å². The molecule has 0 aromatic heterocycles. The Bertz CT molecular complexity index is 1450. The third-order valence-corrected chi connectivity index (χ3v) is 8.29. The molecule has 0 saturated carbocycles. The molecule has 5 rings (SSSR count). The fourth-order valence-corrected chi connectivity index (χ4v) is 6.07. The number of sulfonamides is 1. The Labute approximate surface area is 218 Å². The summed E-state index contributed by atoms with van der Waals surface area (Å²) in [6, 6.07) is 32.3. The van der Waals surface area contributed by atoms with Gasteiger partial charge in [0.25, 0.3) is 15.9 Å². The molecule has 0 bridgehead atoms. The van der Waals surface area contributed by atoms with Gasteiger partial charge in [0.05, 0.1) is 22.7 Å². The molecule has 0 aliphatic carbocycles. The van der Waals surface area contributed by atoms with Crippen LogP contribution in [-0.4, -0.2) is 27.4 Å². The van der Waals surface area contributed by atoms with Crippen LogP contribution in [0.5, 0.6) is 0 Å². The van der Waals surface area contributed by atoms with E-state index in [0.717, 1.165) is 24.3 Å². The maximum Gasteiger partial charge on any atom is 0.264 e. The minimum atomic E-state index is -3.95. The van der Waals surface area contributed by atoms with Crippen molar-refractivity contribution in [2.75, 3.05) is 27.6 Å². The zero-order chi connectivity index (χ0) is 25.7. The van der Waals surface area contributed by atoms with E-state index in [1.807, 2.05) is 54.6 Å². The van der Waals surface area contributed by atoms with Crippen molar-refractivity contribution >= 4 is 33.0 Å². The smallest absolute Gasteiger partial charge is 0.264 e. The maximum absolute atomic E-state index is 13.8. The van der Waals surface area contributed by atoms with Gasteiger partial charge in [-0.1, -0.05) is 60.7 Å². The fourth-order valence-electron chi connectivity index (χ4n) is 4.58. The summed E-state index contributed by atoms with van der Waals surface area (Å²) in [5, 5.41) is 2.95. The average molecular weight is 512 g/mol. The first-order valence-electron chi connectivity index (χ1n) is 12.4. The summed E-state index contributed by atoms with van der Waals surface area (Å²) in [4.78, 5) is 15.9. The van der Waals surface area contributed by atoms with Crippen molar-refractivity contribution < 1.29 is 13.2 Å². The van der Waals surface area contributed by atoms with Crippen molar-refractivity contribution in [3.05, 3.63) is 120 Å². The number of benzene rings is 4. The largest absolute Gasteiger partial charge is 0.372 e. The van der Waals surface area contributed by atoms with Gasteiger partial charge in [-0.3, -0.25) is 9.10 Å². The molecule has 4 aromatic rings. The zero-order valence-corrected chi connectivity index (χ0v) is 21.3. The van der Waals surface area contributed by atoms with Crippen LogP contribution in [0.3, 0.4) is 0 Å². The number of hydrogen-bond acceptors (Lipinski definition) is 4. The predicted octanol–water partition coefficient (Wildman–Crippen LogP) is 5.93. The van der Waals surface area contributed by atoms with E-state index in [2.05, 4.69) is 10.2 Å². The van der Waals surface area contributed by atoms with Crippen molar-refractivity contribution in [3.63, 3.8) is 0 Å². The Balaban J connectivity index is 1.47.